The molecule has 0 amide bonds. The van der Waals surface area contributed by atoms with Crippen molar-refractivity contribution in [3.05, 3.63) is 6.92 Å². The van der Waals surface area contributed by atoms with Crippen LogP contribution in [0.15, 0.2) is 0 Å². The van der Waals surface area contributed by atoms with E-state index in [-0.39, 0.29) is 11.9 Å². The molecule has 0 aromatic heterocycles. The maximum atomic E-state index is 10.4. The first kappa shape index (κ1) is 11.6. The fourth-order valence-electron chi connectivity index (χ4n) is 1.18. The lowest BCUT2D eigenvalue weighted by atomic mass is 10.1. The Morgan fingerprint density at radius 2 is 2.08 bits per heavy atom. The zero-order valence-electron chi connectivity index (χ0n) is 7.88. The molecule has 0 aliphatic heterocycles. The topological polar surface area (TPSA) is 37.3 Å². The normalized spacial score (nSPS) is 12.9. The Balaban J connectivity index is 3.13. The molecule has 0 aromatic carbocycles. The summed E-state index contributed by atoms with van der Waals surface area (Å²) in [7, 11) is 0. The standard InChI is InChI=1S/C10H19O2/c1-3-6-10(12)8-5-4-7-9(2)11/h10,12H,2-8H2,1H3. The maximum Gasteiger partial charge on any atom is 0.133 e. The maximum absolute atomic E-state index is 10.4. The van der Waals surface area contributed by atoms with Gasteiger partial charge in [-0.05, 0) is 19.3 Å². The van der Waals surface area contributed by atoms with Crippen molar-refractivity contribution in [1.82, 2.24) is 0 Å². The number of unbranched alkanes of at least 4 members (excludes halogenated alkanes) is 1. The number of aliphatic hydroxyl groups is 1. The number of rotatable bonds is 7. The van der Waals surface area contributed by atoms with Crippen LogP contribution >= 0.6 is 0 Å². The smallest absolute Gasteiger partial charge is 0.133 e. The predicted octanol–water partition coefficient (Wildman–Crippen LogP) is 2.11. The number of Topliss-reactive ketones (excluding diaryl/α,β-unsaturated/α-hetero) is 1. The molecule has 0 aliphatic rings. The fraction of sp³-hybridized carbons (Fsp3) is 0.800. The highest BCUT2D eigenvalue weighted by Gasteiger charge is 2.02. The van der Waals surface area contributed by atoms with Gasteiger partial charge in [0.2, 0.25) is 0 Å². The summed E-state index contributed by atoms with van der Waals surface area (Å²) < 4.78 is 0. The van der Waals surface area contributed by atoms with Crippen molar-refractivity contribution in [2.75, 3.05) is 0 Å². The summed E-state index contributed by atoms with van der Waals surface area (Å²) in [5.74, 6) is -0.0000173. The van der Waals surface area contributed by atoms with Gasteiger partial charge in [0.1, 0.15) is 5.78 Å². The molecular weight excluding hydrogens is 152 g/mol. The van der Waals surface area contributed by atoms with E-state index >= 15 is 0 Å². The molecule has 1 unspecified atom stereocenters. The number of hydrogen-bond donors (Lipinski definition) is 1. The van der Waals surface area contributed by atoms with Gasteiger partial charge in [0.05, 0.1) is 6.10 Å². The van der Waals surface area contributed by atoms with Crippen LogP contribution in [0, 0.1) is 6.92 Å². The van der Waals surface area contributed by atoms with Gasteiger partial charge >= 0.3 is 0 Å². The highest BCUT2D eigenvalue weighted by molar-refractivity contribution is 5.82. The van der Waals surface area contributed by atoms with Crippen LogP contribution in [0.2, 0.25) is 0 Å². The Hall–Kier alpha value is -0.370. The first-order valence-electron chi connectivity index (χ1n) is 4.69. The zero-order valence-corrected chi connectivity index (χ0v) is 7.88. The van der Waals surface area contributed by atoms with Crippen molar-refractivity contribution in [2.24, 2.45) is 0 Å². The lowest BCUT2D eigenvalue weighted by molar-refractivity contribution is -0.115. The van der Waals surface area contributed by atoms with Crippen LogP contribution in [-0.4, -0.2) is 17.0 Å². The van der Waals surface area contributed by atoms with Crippen LogP contribution in [0.5, 0.6) is 0 Å². The van der Waals surface area contributed by atoms with Gasteiger partial charge in [0.25, 0.3) is 0 Å². The first-order valence-corrected chi connectivity index (χ1v) is 4.69. The van der Waals surface area contributed by atoms with E-state index in [9.17, 15) is 9.90 Å². The minimum absolute atomic E-state index is 0.0000173. The third-order valence-electron chi connectivity index (χ3n) is 1.86. The van der Waals surface area contributed by atoms with E-state index in [0.717, 1.165) is 32.1 Å². The SMILES string of the molecule is [CH2]C(=O)CCCCC(O)CCC. The van der Waals surface area contributed by atoms with Gasteiger partial charge < -0.3 is 5.11 Å². The Kier molecular flexibility index (Phi) is 7.06. The van der Waals surface area contributed by atoms with Crippen LogP contribution in [0.4, 0.5) is 0 Å². The van der Waals surface area contributed by atoms with Crippen LogP contribution in [0.25, 0.3) is 0 Å². The second kappa shape index (κ2) is 7.29. The Morgan fingerprint density at radius 1 is 1.42 bits per heavy atom. The molecule has 1 atom stereocenters. The summed E-state index contributed by atoms with van der Waals surface area (Å²) in [5, 5.41) is 9.31. The summed E-state index contributed by atoms with van der Waals surface area (Å²) in [6.07, 6.45) is 4.90. The molecule has 12 heavy (non-hydrogen) atoms. The van der Waals surface area contributed by atoms with Crippen molar-refractivity contribution in [3.8, 4) is 0 Å². The van der Waals surface area contributed by atoms with Gasteiger partial charge in [-0.3, -0.25) is 4.79 Å². The Morgan fingerprint density at radius 3 is 2.58 bits per heavy atom. The molecule has 0 aliphatic carbocycles. The Bertz CT molecular complexity index is 121. The van der Waals surface area contributed by atoms with Crippen molar-refractivity contribution < 1.29 is 9.90 Å². The lowest BCUT2D eigenvalue weighted by Gasteiger charge is -2.07. The molecule has 0 saturated carbocycles. The van der Waals surface area contributed by atoms with E-state index in [4.69, 9.17) is 0 Å². The van der Waals surface area contributed by atoms with Crippen LogP contribution in [0.3, 0.4) is 0 Å². The monoisotopic (exact) mass is 171 g/mol. The third kappa shape index (κ3) is 7.73. The van der Waals surface area contributed by atoms with Gasteiger partial charge in [0, 0.05) is 13.3 Å². The minimum Gasteiger partial charge on any atom is -0.393 e. The van der Waals surface area contributed by atoms with Crippen LogP contribution in [-0.2, 0) is 4.79 Å². The molecular formula is C10H19O2. The fourth-order valence-corrected chi connectivity index (χ4v) is 1.18. The second-order valence-corrected chi connectivity index (χ2v) is 3.23. The molecule has 71 valence electrons. The molecule has 0 saturated heterocycles. The quantitative estimate of drug-likeness (QED) is 0.596. The zero-order chi connectivity index (χ0) is 9.40. The van der Waals surface area contributed by atoms with Crippen LogP contribution in [0.1, 0.15) is 45.4 Å². The van der Waals surface area contributed by atoms with E-state index in [1.165, 1.54) is 0 Å². The van der Waals surface area contributed by atoms with Crippen molar-refractivity contribution in [2.45, 2.75) is 51.6 Å². The second-order valence-electron chi connectivity index (χ2n) is 3.23. The largest absolute Gasteiger partial charge is 0.393 e. The molecule has 0 spiro atoms. The predicted molar refractivity (Wildman–Crippen MR) is 49.7 cm³/mol. The average molecular weight is 171 g/mol. The van der Waals surface area contributed by atoms with E-state index in [2.05, 4.69) is 13.8 Å². The number of carbonyl (C=O) groups excluding carboxylic acids is 1. The van der Waals surface area contributed by atoms with E-state index < -0.39 is 0 Å². The highest BCUT2D eigenvalue weighted by atomic mass is 16.3. The molecule has 0 rings (SSSR count). The minimum atomic E-state index is -0.171. The molecule has 1 N–H and O–H groups in total. The van der Waals surface area contributed by atoms with Gasteiger partial charge in [-0.2, -0.15) is 0 Å². The van der Waals surface area contributed by atoms with E-state index in [0.29, 0.717) is 6.42 Å². The summed E-state index contributed by atoms with van der Waals surface area (Å²) in [6, 6.07) is 0. The van der Waals surface area contributed by atoms with Gasteiger partial charge in [0.15, 0.2) is 0 Å². The van der Waals surface area contributed by atoms with E-state index in [1.807, 2.05) is 0 Å². The average Bonchev–Trinajstić information content (AvgIpc) is 1.98. The highest BCUT2D eigenvalue weighted by Crippen LogP contribution is 2.07. The van der Waals surface area contributed by atoms with Gasteiger partial charge in [-0.15, -0.1) is 0 Å². The van der Waals surface area contributed by atoms with Crippen LogP contribution < -0.4 is 0 Å². The number of ketones is 1. The molecule has 0 aromatic rings. The number of hydrogen-bond acceptors (Lipinski definition) is 2. The molecule has 0 heterocycles. The summed E-state index contributed by atoms with van der Waals surface area (Å²) in [4.78, 5) is 10.4. The van der Waals surface area contributed by atoms with E-state index in [1.54, 1.807) is 0 Å². The molecule has 0 bridgehead atoms. The molecule has 0 fully saturated rings. The number of carbonyl (C=O) groups is 1. The lowest BCUT2D eigenvalue weighted by Crippen LogP contribution is -2.05. The Labute approximate surface area is 75.0 Å². The molecule has 2 heteroatoms. The summed E-state index contributed by atoms with van der Waals surface area (Å²) in [6.45, 7) is 5.35. The van der Waals surface area contributed by atoms with Crippen molar-refractivity contribution in [3.63, 3.8) is 0 Å². The summed E-state index contributed by atoms with van der Waals surface area (Å²) in [5.41, 5.74) is 0. The number of aliphatic hydroxyl groups excluding tert-OH is 1. The third-order valence-corrected chi connectivity index (χ3v) is 1.86. The first-order chi connectivity index (χ1) is 5.66. The van der Waals surface area contributed by atoms with Gasteiger partial charge in [-0.1, -0.05) is 19.8 Å². The van der Waals surface area contributed by atoms with Gasteiger partial charge in [-0.25, -0.2) is 0 Å². The van der Waals surface area contributed by atoms with Crippen molar-refractivity contribution in [1.29, 1.82) is 0 Å². The summed E-state index contributed by atoms with van der Waals surface area (Å²) >= 11 is 0. The van der Waals surface area contributed by atoms with Crippen molar-refractivity contribution >= 4 is 5.78 Å². The molecule has 1 radical (unpaired) electrons. The molecule has 2 nitrogen and oxygen atoms in total.